The molecule has 2 atom stereocenters. The Morgan fingerprint density at radius 2 is 2.00 bits per heavy atom. The number of carbonyl (C=O) groups excluding carboxylic acids is 1. The largest absolute Gasteiger partial charge is 0.416 e. The van der Waals surface area contributed by atoms with E-state index in [2.05, 4.69) is 4.74 Å². The van der Waals surface area contributed by atoms with E-state index in [0.29, 0.717) is 6.92 Å². The van der Waals surface area contributed by atoms with Crippen LogP contribution in [-0.4, -0.2) is 27.4 Å². The number of nitrogens with two attached hydrogens (primary N) is 1. The van der Waals surface area contributed by atoms with E-state index in [1.165, 1.54) is 0 Å². The maximum atomic E-state index is 13.5. The molecule has 0 heterocycles. The number of hydrogen-bond donors (Lipinski definition) is 3. The van der Waals surface area contributed by atoms with E-state index >= 15 is 0 Å². The van der Waals surface area contributed by atoms with Crippen LogP contribution < -0.4 is 5.73 Å². The molecule has 1 rings (SSSR count). The highest BCUT2D eigenvalue weighted by molar-refractivity contribution is 7.53. The van der Waals surface area contributed by atoms with E-state index in [9.17, 15) is 13.8 Å². The molecule has 0 aromatic heterocycles. The van der Waals surface area contributed by atoms with Crippen LogP contribution in [0, 0.1) is 0 Å². The first-order valence-corrected chi connectivity index (χ1v) is 7.01. The van der Waals surface area contributed by atoms with Gasteiger partial charge >= 0.3 is 19.2 Å². The summed E-state index contributed by atoms with van der Waals surface area (Å²) in [5.74, 6) is -1.21. The second-order valence-electron chi connectivity index (χ2n) is 4.13. The van der Waals surface area contributed by atoms with Crippen molar-refractivity contribution >= 4 is 13.6 Å². The number of halogens is 1. The molecule has 8 heteroatoms. The van der Waals surface area contributed by atoms with Crippen molar-refractivity contribution in [2.75, 3.05) is 0 Å². The molecule has 1 aromatic carbocycles. The lowest BCUT2D eigenvalue weighted by atomic mass is 10.1. The highest BCUT2D eigenvalue weighted by Gasteiger charge is 2.47. The molecule has 0 aliphatic rings. The van der Waals surface area contributed by atoms with Gasteiger partial charge in [0.1, 0.15) is 6.04 Å². The predicted octanol–water partition coefficient (Wildman–Crippen LogP) is 0.920. The van der Waals surface area contributed by atoms with E-state index in [1.54, 1.807) is 30.3 Å². The average Bonchev–Trinajstić information content (AvgIpc) is 2.28. The van der Waals surface area contributed by atoms with Crippen molar-refractivity contribution in [2.24, 2.45) is 5.73 Å². The number of rotatable bonds is 5. The van der Waals surface area contributed by atoms with Crippen LogP contribution in [0.5, 0.6) is 0 Å². The molecule has 6 nitrogen and oxygen atoms in total. The topological polar surface area (TPSA) is 110 Å². The van der Waals surface area contributed by atoms with Crippen molar-refractivity contribution in [1.82, 2.24) is 0 Å². The molecule has 0 fully saturated rings. The summed E-state index contributed by atoms with van der Waals surface area (Å²) in [5, 5.41) is 0. The number of esters is 1. The molecule has 0 spiro atoms. The zero-order chi connectivity index (χ0) is 14.7. The molecule has 19 heavy (non-hydrogen) atoms. The van der Waals surface area contributed by atoms with Crippen LogP contribution in [0.1, 0.15) is 12.5 Å². The van der Waals surface area contributed by atoms with Gasteiger partial charge in [-0.3, -0.25) is 9.36 Å². The molecule has 4 N–H and O–H groups in total. The first kappa shape index (κ1) is 15.8. The third kappa shape index (κ3) is 4.40. The monoisotopic (exact) mass is 291 g/mol. The van der Waals surface area contributed by atoms with Crippen molar-refractivity contribution < 1.29 is 28.3 Å². The fourth-order valence-electron chi connectivity index (χ4n) is 1.27. The minimum absolute atomic E-state index is 0.0803. The van der Waals surface area contributed by atoms with Gasteiger partial charge in [0.15, 0.2) is 0 Å². The molecular weight excluding hydrogens is 276 g/mol. The lowest BCUT2D eigenvalue weighted by Gasteiger charge is -2.23. The van der Waals surface area contributed by atoms with E-state index in [4.69, 9.17) is 15.5 Å². The van der Waals surface area contributed by atoms with Gasteiger partial charge in [-0.25, -0.2) is 0 Å². The highest BCUT2D eigenvalue weighted by atomic mass is 31.2. The zero-order valence-electron chi connectivity index (χ0n) is 10.2. The summed E-state index contributed by atoms with van der Waals surface area (Å²) < 4.78 is 28.4. The first-order valence-electron chi connectivity index (χ1n) is 5.40. The molecule has 0 saturated carbocycles. The Morgan fingerprint density at radius 1 is 1.47 bits per heavy atom. The Morgan fingerprint density at radius 3 is 2.47 bits per heavy atom. The molecule has 0 amide bonds. The summed E-state index contributed by atoms with van der Waals surface area (Å²) >= 11 is 0. The number of carbonyl (C=O) groups is 1. The molecular formula is C11H15FNO5P. The Hall–Kier alpha value is -1.27. The quantitative estimate of drug-likeness (QED) is 0.549. The van der Waals surface area contributed by atoms with Crippen LogP contribution in [0.25, 0.3) is 0 Å². The summed E-state index contributed by atoms with van der Waals surface area (Å²) in [4.78, 5) is 28.8. The molecule has 0 bridgehead atoms. The van der Waals surface area contributed by atoms with E-state index < -0.39 is 25.2 Å². The minimum atomic E-state index is -5.21. The minimum Gasteiger partial charge on any atom is -0.416 e. The van der Waals surface area contributed by atoms with Gasteiger partial charge in [-0.2, -0.15) is 4.39 Å². The van der Waals surface area contributed by atoms with Gasteiger partial charge in [0, 0.05) is 6.92 Å². The summed E-state index contributed by atoms with van der Waals surface area (Å²) in [6, 6.07) is 7.48. The van der Waals surface area contributed by atoms with E-state index in [1.807, 2.05) is 0 Å². The second kappa shape index (κ2) is 5.79. The van der Waals surface area contributed by atoms with Gasteiger partial charge in [0.05, 0.1) is 0 Å². The second-order valence-corrected chi connectivity index (χ2v) is 6.02. The SMILES string of the molecule is CC(F)(OC(=O)[C@@H](N)Cc1ccccc1)P(=O)(O)O. The standard InChI is InChI=1S/C11H15FNO5P/c1-11(12,19(15,16)17)18-10(14)9(13)7-8-5-3-2-4-6-8/h2-6,9H,7,13H2,1H3,(H2,15,16,17)/t9-,11?/m0/s1. The van der Waals surface area contributed by atoms with Crippen molar-refractivity contribution in [1.29, 1.82) is 0 Å². The smallest absolute Gasteiger partial charge is 0.401 e. The Balaban J connectivity index is 2.66. The van der Waals surface area contributed by atoms with Crippen LogP contribution in [0.3, 0.4) is 0 Å². The third-order valence-electron chi connectivity index (χ3n) is 2.41. The molecule has 1 aromatic rings. The van der Waals surface area contributed by atoms with Crippen molar-refractivity contribution in [3.63, 3.8) is 0 Å². The lowest BCUT2D eigenvalue weighted by molar-refractivity contribution is -0.166. The van der Waals surface area contributed by atoms with Crippen LogP contribution >= 0.6 is 7.60 Å². The summed E-state index contributed by atoms with van der Waals surface area (Å²) in [7, 11) is -5.21. The van der Waals surface area contributed by atoms with E-state index in [-0.39, 0.29) is 6.42 Å². The van der Waals surface area contributed by atoms with Crippen LogP contribution in [0.15, 0.2) is 30.3 Å². The Bertz CT molecular complexity index is 487. The Kier molecular flexibility index (Phi) is 4.81. The average molecular weight is 291 g/mol. The number of benzene rings is 1. The highest BCUT2D eigenvalue weighted by Crippen LogP contribution is 2.52. The molecule has 106 valence electrons. The maximum Gasteiger partial charge on any atom is 0.401 e. The normalized spacial score (nSPS) is 16.5. The predicted molar refractivity (Wildman–Crippen MR) is 65.8 cm³/mol. The Labute approximate surface area is 109 Å². The number of ether oxygens (including phenoxy) is 1. The lowest BCUT2D eigenvalue weighted by Crippen LogP contribution is -2.39. The fourth-order valence-corrected chi connectivity index (χ4v) is 1.48. The molecule has 0 aliphatic carbocycles. The van der Waals surface area contributed by atoms with Gasteiger partial charge in [-0.15, -0.1) is 0 Å². The van der Waals surface area contributed by atoms with Crippen molar-refractivity contribution in [3.05, 3.63) is 35.9 Å². The van der Waals surface area contributed by atoms with Gasteiger partial charge in [0.2, 0.25) is 0 Å². The van der Waals surface area contributed by atoms with Gasteiger partial charge in [0.25, 0.3) is 0 Å². The third-order valence-corrected chi connectivity index (χ3v) is 3.54. The summed E-state index contributed by atoms with van der Waals surface area (Å²) in [6.45, 7) is 0.487. The van der Waals surface area contributed by atoms with Gasteiger partial charge < -0.3 is 20.3 Å². The maximum absolute atomic E-state index is 13.5. The number of hydrogen-bond acceptors (Lipinski definition) is 4. The first-order chi connectivity index (χ1) is 8.63. The molecule has 0 aliphatic heterocycles. The van der Waals surface area contributed by atoms with Crippen molar-refractivity contribution in [2.45, 2.75) is 25.0 Å². The molecule has 0 radical (unpaired) electrons. The van der Waals surface area contributed by atoms with Crippen LogP contribution in [0.4, 0.5) is 4.39 Å². The molecule has 0 saturated heterocycles. The summed E-state index contributed by atoms with van der Waals surface area (Å²) in [6.07, 6.45) is 0.0803. The van der Waals surface area contributed by atoms with Gasteiger partial charge in [-0.1, -0.05) is 30.3 Å². The van der Waals surface area contributed by atoms with E-state index in [0.717, 1.165) is 5.56 Å². The van der Waals surface area contributed by atoms with Gasteiger partial charge in [-0.05, 0) is 12.0 Å². The zero-order valence-corrected chi connectivity index (χ0v) is 11.1. The molecule has 1 unspecified atom stereocenters. The van der Waals surface area contributed by atoms with Crippen molar-refractivity contribution in [3.8, 4) is 0 Å². The van der Waals surface area contributed by atoms with Crippen LogP contribution in [-0.2, 0) is 20.5 Å². The van der Waals surface area contributed by atoms with Crippen LogP contribution in [0.2, 0.25) is 0 Å². The summed E-state index contributed by atoms with van der Waals surface area (Å²) in [5.41, 5.74) is 2.85. The fraction of sp³-hybridized carbons (Fsp3) is 0.364. The number of alkyl halides is 1.